The second-order valence-electron chi connectivity index (χ2n) is 3.02. The summed E-state index contributed by atoms with van der Waals surface area (Å²) in [5, 5.41) is 0. The van der Waals surface area contributed by atoms with Crippen molar-refractivity contribution in [2.75, 3.05) is 34.0 Å². The Morgan fingerprint density at radius 3 is 2.05 bits per heavy atom. The summed E-state index contributed by atoms with van der Waals surface area (Å²) < 4.78 is 18.4. The van der Waals surface area contributed by atoms with E-state index in [1.165, 1.54) is 26.4 Å². The topological polar surface area (TPSA) is 88.1 Å². The second kappa shape index (κ2) is 11.0. The molecule has 0 atom stereocenters. The van der Waals surface area contributed by atoms with Gasteiger partial charge in [0, 0.05) is 18.2 Å². The smallest absolute Gasteiger partial charge is 0.331 e. The Bertz CT molecular complexity index is 357. The molecule has 0 aromatic rings. The van der Waals surface area contributed by atoms with Gasteiger partial charge in [0.25, 0.3) is 0 Å². The van der Waals surface area contributed by atoms with Crippen molar-refractivity contribution >= 4 is 17.9 Å². The summed E-state index contributed by atoms with van der Waals surface area (Å²) in [6.07, 6.45) is 4.63. The maximum Gasteiger partial charge on any atom is 0.331 e. The van der Waals surface area contributed by atoms with Crippen molar-refractivity contribution in [2.24, 2.45) is 0 Å². The van der Waals surface area contributed by atoms with Crippen LogP contribution in [0, 0.1) is 0 Å². The van der Waals surface area contributed by atoms with Gasteiger partial charge < -0.3 is 18.9 Å². The van der Waals surface area contributed by atoms with Crippen LogP contribution in [0.2, 0.25) is 0 Å². The third kappa shape index (κ3) is 10.7. The van der Waals surface area contributed by atoms with E-state index in [9.17, 15) is 14.4 Å². The van der Waals surface area contributed by atoms with Crippen LogP contribution in [-0.2, 0) is 33.3 Å². The molecule has 106 valence electrons. The Labute approximate surface area is 110 Å². The first-order valence-electron chi connectivity index (χ1n) is 5.35. The zero-order valence-corrected chi connectivity index (χ0v) is 10.8. The fourth-order valence-corrected chi connectivity index (χ4v) is 0.817. The molecular formula is C12H16O7. The van der Waals surface area contributed by atoms with Crippen LogP contribution in [0.5, 0.6) is 0 Å². The molecule has 0 aromatic heterocycles. The van der Waals surface area contributed by atoms with Crippen molar-refractivity contribution in [3.05, 3.63) is 24.3 Å². The minimum absolute atomic E-state index is 0.0381. The molecule has 7 heteroatoms. The molecule has 0 saturated carbocycles. The first-order valence-corrected chi connectivity index (χ1v) is 5.35. The Morgan fingerprint density at radius 1 is 0.842 bits per heavy atom. The van der Waals surface area contributed by atoms with Crippen molar-refractivity contribution < 1.29 is 33.3 Å². The van der Waals surface area contributed by atoms with E-state index in [-0.39, 0.29) is 19.8 Å². The minimum atomic E-state index is -0.667. The molecule has 0 bridgehead atoms. The highest BCUT2D eigenvalue weighted by atomic mass is 16.6. The molecule has 0 spiro atoms. The van der Waals surface area contributed by atoms with Crippen molar-refractivity contribution in [1.29, 1.82) is 0 Å². The number of esters is 3. The highest BCUT2D eigenvalue weighted by molar-refractivity contribution is 5.91. The molecule has 0 aliphatic carbocycles. The van der Waals surface area contributed by atoms with E-state index in [2.05, 4.69) is 9.47 Å². The average Bonchev–Trinajstić information content (AvgIpc) is 2.43. The normalized spacial score (nSPS) is 10.6. The lowest BCUT2D eigenvalue weighted by molar-refractivity contribution is -0.140. The van der Waals surface area contributed by atoms with E-state index in [4.69, 9.17) is 9.47 Å². The summed E-state index contributed by atoms with van der Waals surface area (Å²) in [7, 11) is 2.47. The van der Waals surface area contributed by atoms with Crippen LogP contribution < -0.4 is 0 Å². The Morgan fingerprint density at radius 2 is 1.42 bits per heavy atom. The van der Waals surface area contributed by atoms with Crippen LogP contribution in [0.15, 0.2) is 24.3 Å². The van der Waals surface area contributed by atoms with Crippen LogP contribution in [0.3, 0.4) is 0 Å². The SMILES string of the molecule is COC(=O)/C=C/COCCOC(=O)/C=C/C(=O)OC. The largest absolute Gasteiger partial charge is 0.466 e. The zero-order chi connectivity index (χ0) is 14.5. The van der Waals surface area contributed by atoms with Gasteiger partial charge in [-0.1, -0.05) is 6.08 Å². The number of hydrogen-bond donors (Lipinski definition) is 0. The maximum atomic E-state index is 11.0. The van der Waals surface area contributed by atoms with E-state index in [0.29, 0.717) is 0 Å². The third-order valence-corrected chi connectivity index (χ3v) is 1.70. The quantitative estimate of drug-likeness (QED) is 0.266. The summed E-state index contributed by atoms with van der Waals surface area (Å²) >= 11 is 0. The van der Waals surface area contributed by atoms with Gasteiger partial charge in [-0.15, -0.1) is 0 Å². The van der Waals surface area contributed by atoms with Crippen LogP contribution in [0.4, 0.5) is 0 Å². The van der Waals surface area contributed by atoms with Gasteiger partial charge in [0.2, 0.25) is 0 Å². The van der Waals surface area contributed by atoms with E-state index < -0.39 is 17.9 Å². The highest BCUT2D eigenvalue weighted by Gasteiger charge is 1.99. The molecule has 0 rings (SSSR count). The molecule has 19 heavy (non-hydrogen) atoms. The average molecular weight is 272 g/mol. The number of ether oxygens (including phenoxy) is 4. The predicted molar refractivity (Wildman–Crippen MR) is 64.1 cm³/mol. The Hall–Kier alpha value is -2.15. The molecule has 0 radical (unpaired) electrons. The van der Waals surface area contributed by atoms with Crippen LogP contribution in [-0.4, -0.2) is 51.9 Å². The molecule has 0 aromatic carbocycles. The number of methoxy groups -OCH3 is 2. The zero-order valence-electron chi connectivity index (χ0n) is 10.8. The van der Waals surface area contributed by atoms with Gasteiger partial charge in [-0.3, -0.25) is 0 Å². The molecule has 0 heterocycles. The molecule has 0 N–H and O–H groups in total. The summed E-state index contributed by atoms with van der Waals surface area (Å²) in [4.78, 5) is 32.4. The first kappa shape index (κ1) is 16.9. The molecule has 0 fully saturated rings. The molecule has 0 aliphatic heterocycles. The van der Waals surface area contributed by atoms with E-state index in [1.807, 2.05) is 0 Å². The highest BCUT2D eigenvalue weighted by Crippen LogP contribution is 1.86. The number of rotatable bonds is 8. The van der Waals surface area contributed by atoms with Gasteiger partial charge in [-0.2, -0.15) is 0 Å². The number of carbonyl (C=O) groups excluding carboxylic acids is 3. The lowest BCUT2D eigenvalue weighted by Gasteiger charge is -2.01. The van der Waals surface area contributed by atoms with Gasteiger partial charge in [0.1, 0.15) is 6.61 Å². The molecule has 0 amide bonds. The van der Waals surface area contributed by atoms with E-state index in [1.54, 1.807) is 0 Å². The van der Waals surface area contributed by atoms with Crippen LogP contribution in [0.25, 0.3) is 0 Å². The summed E-state index contributed by atoms with van der Waals surface area (Å²) in [5.74, 6) is -1.77. The maximum absolute atomic E-state index is 11.0. The first-order chi connectivity index (χ1) is 9.10. The van der Waals surface area contributed by atoms with E-state index in [0.717, 1.165) is 12.2 Å². The monoisotopic (exact) mass is 272 g/mol. The van der Waals surface area contributed by atoms with Gasteiger partial charge in [0.15, 0.2) is 0 Å². The predicted octanol–water partition coefficient (Wildman–Crippen LogP) is 0.00460. The summed E-state index contributed by atoms with van der Waals surface area (Å²) in [5.41, 5.74) is 0. The standard InChI is InChI=1S/C12H16O7/c1-16-10(13)4-3-7-18-8-9-19-12(15)6-5-11(14)17-2/h3-6H,7-9H2,1-2H3/b4-3+,6-5+. The Balaban J connectivity index is 3.57. The molecular weight excluding hydrogens is 256 g/mol. The summed E-state index contributed by atoms with van der Waals surface area (Å²) in [6, 6.07) is 0. The van der Waals surface area contributed by atoms with Crippen LogP contribution >= 0.6 is 0 Å². The molecule has 0 unspecified atom stereocenters. The van der Waals surface area contributed by atoms with Gasteiger partial charge in [0.05, 0.1) is 27.4 Å². The van der Waals surface area contributed by atoms with E-state index >= 15 is 0 Å². The van der Waals surface area contributed by atoms with Crippen LogP contribution in [0.1, 0.15) is 0 Å². The third-order valence-electron chi connectivity index (χ3n) is 1.70. The Kier molecular flexibility index (Phi) is 9.73. The summed E-state index contributed by atoms with van der Waals surface area (Å²) in [6.45, 7) is 0.407. The fraction of sp³-hybridized carbons (Fsp3) is 0.417. The minimum Gasteiger partial charge on any atom is -0.466 e. The van der Waals surface area contributed by atoms with Gasteiger partial charge in [-0.25, -0.2) is 14.4 Å². The van der Waals surface area contributed by atoms with Crippen molar-refractivity contribution in [3.8, 4) is 0 Å². The number of hydrogen-bond acceptors (Lipinski definition) is 7. The van der Waals surface area contributed by atoms with Crippen molar-refractivity contribution in [3.63, 3.8) is 0 Å². The lowest BCUT2D eigenvalue weighted by atomic mass is 10.5. The van der Waals surface area contributed by atoms with Crippen molar-refractivity contribution in [1.82, 2.24) is 0 Å². The second-order valence-corrected chi connectivity index (χ2v) is 3.02. The fourth-order valence-electron chi connectivity index (χ4n) is 0.817. The molecule has 7 nitrogen and oxygen atoms in total. The number of carbonyl (C=O) groups is 3. The van der Waals surface area contributed by atoms with Gasteiger partial charge >= 0.3 is 17.9 Å². The lowest BCUT2D eigenvalue weighted by Crippen LogP contribution is -2.09. The van der Waals surface area contributed by atoms with Gasteiger partial charge in [-0.05, 0) is 0 Å². The van der Waals surface area contributed by atoms with Crippen molar-refractivity contribution in [2.45, 2.75) is 0 Å². The molecule has 0 saturated heterocycles. The molecule has 0 aliphatic rings.